The van der Waals surface area contributed by atoms with Crippen LogP contribution >= 0.6 is 0 Å². The SMILES string of the molecule is Oc1cccc2c1c1cccc3c1n2C=CO3. The van der Waals surface area contributed by atoms with E-state index in [9.17, 15) is 5.11 Å². The van der Waals surface area contributed by atoms with Crippen LogP contribution in [-0.4, -0.2) is 9.67 Å². The van der Waals surface area contributed by atoms with Crippen molar-refractivity contribution in [3.63, 3.8) is 0 Å². The van der Waals surface area contributed by atoms with Crippen LogP contribution in [0.5, 0.6) is 11.5 Å². The van der Waals surface area contributed by atoms with E-state index < -0.39 is 0 Å². The zero-order valence-electron chi connectivity index (χ0n) is 8.92. The molecular formula is C14H9NO2. The summed E-state index contributed by atoms with van der Waals surface area (Å²) in [5, 5.41) is 11.9. The van der Waals surface area contributed by atoms with E-state index in [1.807, 2.05) is 41.1 Å². The molecule has 2 heterocycles. The number of aromatic nitrogens is 1. The van der Waals surface area contributed by atoms with Crippen molar-refractivity contribution in [1.29, 1.82) is 0 Å². The van der Waals surface area contributed by atoms with Crippen LogP contribution in [-0.2, 0) is 0 Å². The summed E-state index contributed by atoms with van der Waals surface area (Å²) in [6, 6.07) is 11.4. The van der Waals surface area contributed by atoms with Gasteiger partial charge < -0.3 is 14.4 Å². The molecule has 1 N–H and O–H groups in total. The van der Waals surface area contributed by atoms with E-state index >= 15 is 0 Å². The molecule has 0 saturated carbocycles. The largest absolute Gasteiger partial charge is 0.507 e. The zero-order valence-corrected chi connectivity index (χ0v) is 8.92. The number of phenolic OH excluding ortho intramolecular Hbond substituents is 1. The summed E-state index contributed by atoms with van der Waals surface area (Å²) in [6.45, 7) is 0. The summed E-state index contributed by atoms with van der Waals surface area (Å²) in [5.41, 5.74) is 2.00. The topological polar surface area (TPSA) is 34.4 Å². The maximum Gasteiger partial charge on any atom is 0.151 e. The van der Waals surface area contributed by atoms with Crippen molar-refractivity contribution in [1.82, 2.24) is 4.57 Å². The van der Waals surface area contributed by atoms with Gasteiger partial charge in [-0.2, -0.15) is 0 Å². The van der Waals surface area contributed by atoms with Crippen LogP contribution in [0, 0.1) is 0 Å². The Morgan fingerprint density at radius 3 is 2.88 bits per heavy atom. The van der Waals surface area contributed by atoms with Crippen molar-refractivity contribution in [3.8, 4) is 11.5 Å². The fourth-order valence-electron chi connectivity index (χ4n) is 2.51. The molecule has 0 atom stereocenters. The predicted molar refractivity (Wildman–Crippen MR) is 67.1 cm³/mol. The standard InChI is InChI=1S/C14H9NO2/c16-11-5-2-4-10-13(11)9-3-1-6-12-14(9)15(10)7-8-17-12/h1-8,16H. The first-order chi connectivity index (χ1) is 8.36. The lowest BCUT2D eigenvalue weighted by molar-refractivity contribution is 0.481. The van der Waals surface area contributed by atoms with Gasteiger partial charge >= 0.3 is 0 Å². The Balaban J connectivity index is 2.41. The average Bonchev–Trinajstić information content (AvgIpc) is 2.69. The van der Waals surface area contributed by atoms with Crippen LogP contribution in [0.1, 0.15) is 0 Å². The van der Waals surface area contributed by atoms with Crippen LogP contribution < -0.4 is 4.74 Å². The second-order valence-corrected chi connectivity index (χ2v) is 4.10. The summed E-state index contributed by atoms with van der Waals surface area (Å²) < 4.78 is 7.53. The summed E-state index contributed by atoms with van der Waals surface area (Å²) >= 11 is 0. The Morgan fingerprint density at radius 2 is 1.94 bits per heavy atom. The highest BCUT2D eigenvalue weighted by molar-refractivity contribution is 6.14. The maximum absolute atomic E-state index is 10.0. The third-order valence-corrected chi connectivity index (χ3v) is 3.19. The first-order valence-electron chi connectivity index (χ1n) is 5.44. The van der Waals surface area contributed by atoms with Crippen molar-refractivity contribution in [2.75, 3.05) is 0 Å². The van der Waals surface area contributed by atoms with Gasteiger partial charge in [0.15, 0.2) is 5.75 Å². The van der Waals surface area contributed by atoms with Gasteiger partial charge in [0.05, 0.1) is 11.0 Å². The van der Waals surface area contributed by atoms with E-state index in [1.165, 1.54) is 0 Å². The lowest BCUT2D eigenvalue weighted by atomic mass is 10.1. The number of rotatable bonds is 0. The quantitative estimate of drug-likeness (QED) is 0.634. The minimum absolute atomic E-state index is 0.304. The van der Waals surface area contributed by atoms with Gasteiger partial charge in [0, 0.05) is 17.0 Å². The Bertz CT molecular complexity index is 784. The van der Waals surface area contributed by atoms with Crippen LogP contribution in [0.2, 0.25) is 0 Å². The van der Waals surface area contributed by atoms with Crippen molar-refractivity contribution in [2.45, 2.75) is 0 Å². The van der Waals surface area contributed by atoms with E-state index in [-0.39, 0.29) is 0 Å². The van der Waals surface area contributed by atoms with Crippen LogP contribution in [0.3, 0.4) is 0 Å². The highest BCUT2D eigenvalue weighted by Crippen LogP contribution is 2.40. The molecule has 82 valence electrons. The summed E-state index contributed by atoms with van der Waals surface area (Å²) in [4.78, 5) is 0. The lowest BCUT2D eigenvalue weighted by Crippen LogP contribution is -1.95. The molecule has 3 nitrogen and oxygen atoms in total. The number of aromatic hydroxyl groups is 1. The normalized spacial score (nSPS) is 13.2. The highest BCUT2D eigenvalue weighted by Gasteiger charge is 2.17. The molecule has 1 aliphatic heterocycles. The number of fused-ring (bicyclic) bond motifs is 3. The molecule has 0 fully saturated rings. The molecule has 1 aromatic heterocycles. The van der Waals surface area contributed by atoms with Crippen molar-refractivity contribution >= 4 is 28.0 Å². The Morgan fingerprint density at radius 1 is 1.06 bits per heavy atom. The van der Waals surface area contributed by atoms with E-state index in [0.717, 1.165) is 27.6 Å². The molecule has 1 aliphatic rings. The summed E-state index contributed by atoms with van der Waals surface area (Å²) in [7, 11) is 0. The third kappa shape index (κ3) is 0.959. The number of benzene rings is 2. The smallest absolute Gasteiger partial charge is 0.151 e. The Hall–Kier alpha value is -2.42. The zero-order chi connectivity index (χ0) is 11.4. The average molecular weight is 223 g/mol. The van der Waals surface area contributed by atoms with E-state index in [0.29, 0.717) is 5.75 Å². The van der Waals surface area contributed by atoms with E-state index in [2.05, 4.69) is 0 Å². The fourth-order valence-corrected chi connectivity index (χ4v) is 2.51. The number of para-hydroxylation sites is 1. The molecule has 2 aromatic carbocycles. The summed E-state index contributed by atoms with van der Waals surface area (Å²) in [6.07, 6.45) is 3.53. The molecule has 3 heteroatoms. The molecule has 0 amide bonds. The van der Waals surface area contributed by atoms with Gasteiger partial charge in [-0.25, -0.2) is 0 Å². The van der Waals surface area contributed by atoms with Gasteiger partial charge in [-0.05, 0) is 18.2 Å². The number of ether oxygens (including phenoxy) is 1. The molecule has 17 heavy (non-hydrogen) atoms. The lowest BCUT2D eigenvalue weighted by Gasteiger charge is -2.10. The number of nitrogens with zero attached hydrogens (tertiary/aromatic N) is 1. The fraction of sp³-hybridized carbons (Fsp3) is 0. The monoisotopic (exact) mass is 223 g/mol. The van der Waals surface area contributed by atoms with E-state index in [4.69, 9.17) is 4.74 Å². The third-order valence-electron chi connectivity index (χ3n) is 3.19. The van der Waals surface area contributed by atoms with Gasteiger partial charge in [-0.1, -0.05) is 18.2 Å². The van der Waals surface area contributed by atoms with Gasteiger partial charge in [-0.15, -0.1) is 0 Å². The number of hydrogen-bond acceptors (Lipinski definition) is 2. The first kappa shape index (κ1) is 8.70. The van der Waals surface area contributed by atoms with E-state index in [1.54, 1.807) is 12.3 Å². The highest BCUT2D eigenvalue weighted by atomic mass is 16.5. The van der Waals surface area contributed by atoms with Crippen LogP contribution in [0.15, 0.2) is 42.7 Å². The van der Waals surface area contributed by atoms with Gasteiger partial charge in [0.1, 0.15) is 12.0 Å². The van der Waals surface area contributed by atoms with Crippen LogP contribution in [0.25, 0.3) is 28.0 Å². The number of phenols is 1. The molecule has 0 bridgehead atoms. The Kier molecular flexibility index (Phi) is 1.45. The minimum atomic E-state index is 0.304. The summed E-state index contributed by atoms with van der Waals surface area (Å²) in [5.74, 6) is 1.12. The van der Waals surface area contributed by atoms with Crippen molar-refractivity contribution in [3.05, 3.63) is 42.7 Å². The first-order valence-corrected chi connectivity index (χ1v) is 5.44. The molecule has 0 aliphatic carbocycles. The molecule has 0 radical (unpaired) electrons. The second-order valence-electron chi connectivity index (χ2n) is 4.10. The molecule has 0 saturated heterocycles. The predicted octanol–water partition coefficient (Wildman–Crippen LogP) is 3.32. The minimum Gasteiger partial charge on any atom is -0.507 e. The molecule has 0 spiro atoms. The number of hydrogen-bond donors (Lipinski definition) is 1. The van der Waals surface area contributed by atoms with Gasteiger partial charge in [0.2, 0.25) is 0 Å². The molecule has 0 unspecified atom stereocenters. The molecular weight excluding hydrogens is 214 g/mol. The van der Waals surface area contributed by atoms with Crippen molar-refractivity contribution in [2.24, 2.45) is 0 Å². The second kappa shape index (κ2) is 2.83. The van der Waals surface area contributed by atoms with Gasteiger partial charge in [-0.3, -0.25) is 0 Å². The van der Waals surface area contributed by atoms with Gasteiger partial charge in [0.25, 0.3) is 0 Å². The maximum atomic E-state index is 10.0. The van der Waals surface area contributed by atoms with Crippen LogP contribution in [0.4, 0.5) is 0 Å². The molecule has 3 aromatic rings. The molecule has 4 rings (SSSR count). The Labute approximate surface area is 97.2 Å². The van der Waals surface area contributed by atoms with Crippen molar-refractivity contribution < 1.29 is 9.84 Å².